The van der Waals surface area contributed by atoms with E-state index in [1.165, 1.54) is 30.4 Å². The standard InChI is InChI=1S/C22H22F3N8P.C2H6/c1-28-34(22(24)25)18-7-5-15(10-16(18)23)31-19-11-30-20(26)21(32-19)33(27)12-13-4-6-17-14(9-13)3-2-8-29-17;1-2/h2-11,22,28H,12,27H2,1H3,(H2,26,30)(H,31,32);1-2H3. The van der Waals surface area contributed by atoms with Crippen LogP contribution < -0.4 is 32.3 Å². The SMILES string of the molecule is CC.CNP(c1ccc(Nc2cnc(N)c(N(N)Cc3ccc4ncccc4c3)n2)cc1F)C(F)F. The van der Waals surface area contributed by atoms with Gasteiger partial charge in [-0.1, -0.05) is 26.0 Å². The molecule has 2 heterocycles. The van der Waals surface area contributed by atoms with Crippen LogP contribution in [-0.2, 0) is 6.54 Å². The summed E-state index contributed by atoms with van der Waals surface area (Å²) in [5.41, 5.74) is 8.08. The monoisotopic (exact) mass is 516 g/mol. The Morgan fingerprint density at radius 3 is 2.56 bits per heavy atom. The molecule has 4 rings (SSSR count). The molecule has 0 aliphatic carbocycles. The molecule has 2 aromatic heterocycles. The average Bonchev–Trinajstić information content (AvgIpc) is 2.88. The first-order valence-corrected chi connectivity index (χ1v) is 12.6. The van der Waals surface area contributed by atoms with Crippen molar-refractivity contribution >= 4 is 47.4 Å². The van der Waals surface area contributed by atoms with Crippen LogP contribution in [0, 0.1) is 5.82 Å². The van der Waals surface area contributed by atoms with E-state index in [1.807, 2.05) is 44.2 Å². The molecule has 0 spiro atoms. The van der Waals surface area contributed by atoms with Crippen molar-refractivity contribution < 1.29 is 13.2 Å². The van der Waals surface area contributed by atoms with E-state index in [0.29, 0.717) is 12.2 Å². The molecule has 2 aromatic carbocycles. The minimum Gasteiger partial charge on any atom is -0.381 e. The third-order valence-electron chi connectivity index (χ3n) is 4.99. The molecule has 4 aromatic rings. The van der Waals surface area contributed by atoms with E-state index in [-0.39, 0.29) is 22.8 Å². The van der Waals surface area contributed by atoms with Gasteiger partial charge in [0.1, 0.15) is 5.82 Å². The van der Waals surface area contributed by atoms with E-state index in [9.17, 15) is 13.2 Å². The number of nitrogens with zero attached hydrogens (tertiary/aromatic N) is 4. The number of aromatic nitrogens is 3. The highest BCUT2D eigenvalue weighted by Gasteiger charge is 2.23. The van der Waals surface area contributed by atoms with Crippen LogP contribution in [0.3, 0.4) is 0 Å². The second-order valence-electron chi connectivity index (χ2n) is 7.28. The van der Waals surface area contributed by atoms with Gasteiger partial charge in [-0.3, -0.25) is 15.1 Å². The molecule has 0 amide bonds. The maximum absolute atomic E-state index is 14.5. The molecule has 1 atom stereocenters. The molecular formula is C24H28F3N8P. The number of rotatable bonds is 8. The Hall–Kier alpha value is -3.53. The van der Waals surface area contributed by atoms with E-state index in [1.54, 1.807) is 6.20 Å². The lowest BCUT2D eigenvalue weighted by atomic mass is 10.1. The number of hydrogen-bond donors (Lipinski definition) is 4. The summed E-state index contributed by atoms with van der Waals surface area (Å²) in [6.45, 7) is 4.30. The molecule has 0 saturated heterocycles. The third kappa shape index (κ3) is 6.37. The average molecular weight is 517 g/mol. The summed E-state index contributed by atoms with van der Waals surface area (Å²) in [4.78, 5) is 12.8. The fraction of sp³-hybridized carbons (Fsp3) is 0.208. The molecule has 1 unspecified atom stereocenters. The van der Waals surface area contributed by atoms with E-state index in [2.05, 4.69) is 25.4 Å². The number of anilines is 4. The second kappa shape index (κ2) is 12.4. The van der Waals surface area contributed by atoms with Crippen molar-refractivity contribution in [2.24, 2.45) is 5.84 Å². The molecule has 190 valence electrons. The Kier molecular flexibility index (Phi) is 9.35. The number of fused-ring (bicyclic) bond motifs is 1. The first-order chi connectivity index (χ1) is 17.4. The van der Waals surface area contributed by atoms with Gasteiger partial charge in [0.2, 0.25) is 0 Å². The summed E-state index contributed by atoms with van der Waals surface area (Å²) in [6, 6.07) is 13.5. The fourth-order valence-electron chi connectivity index (χ4n) is 3.41. The summed E-state index contributed by atoms with van der Waals surface area (Å²) in [5, 5.41) is 7.65. The van der Waals surface area contributed by atoms with Gasteiger partial charge >= 0.3 is 0 Å². The number of halogens is 3. The number of hydrogen-bond acceptors (Lipinski definition) is 8. The van der Waals surface area contributed by atoms with Crippen LogP contribution in [-0.4, -0.2) is 28.2 Å². The molecule has 0 bridgehead atoms. The molecule has 0 aliphatic rings. The largest absolute Gasteiger partial charge is 0.381 e. The zero-order chi connectivity index (χ0) is 26.2. The Bertz CT molecular complexity index is 1310. The van der Waals surface area contributed by atoms with Crippen LogP contribution in [0.5, 0.6) is 0 Å². The highest BCUT2D eigenvalue weighted by Crippen LogP contribution is 2.38. The van der Waals surface area contributed by atoms with Crippen LogP contribution in [0.2, 0.25) is 0 Å². The highest BCUT2D eigenvalue weighted by atomic mass is 31.1. The molecule has 12 heteroatoms. The molecule has 6 N–H and O–H groups in total. The van der Waals surface area contributed by atoms with Gasteiger partial charge < -0.3 is 11.1 Å². The number of nitrogens with two attached hydrogens (primary N) is 2. The van der Waals surface area contributed by atoms with Crippen molar-refractivity contribution in [3.05, 3.63) is 72.3 Å². The predicted molar refractivity (Wildman–Crippen MR) is 141 cm³/mol. The zero-order valence-electron chi connectivity index (χ0n) is 20.1. The van der Waals surface area contributed by atoms with Gasteiger partial charge in [-0.15, -0.1) is 0 Å². The lowest BCUT2D eigenvalue weighted by Crippen LogP contribution is -2.32. The maximum Gasteiger partial charge on any atom is 0.272 e. The Morgan fingerprint density at radius 1 is 1.08 bits per heavy atom. The first-order valence-electron chi connectivity index (χ1n) is 11.2. The number of nitrogens with one attached hydrogen (secondary N) is 2. The molecule has 0 saturated carbocycles. The van der Waals surface area contributed by atoms with Crippen molar-refractivity contribution in [2.75, 3.05) is 23.1 Å². The Morgan fingerprint density at radius 2 is 1.86 bits per heavy atom. The Balaban J connectivity index is 0.00000176. The van der Waals surface area contributed by atoms with Crippen molar-refractivity contribution in [3.63, 3.8) is 0 Å². The molecular weight excluding hydrogens is 488 g/mol. The molecule has 0 radical (unpaired) electrons. The second-order valence-corrected chi connectivity index (χ2v) is 9.34. The van der Waals surface area contributed by atoms with Crippen LogP contribution >= 0.6 is 8.07 Å². The van der Waals surface area contributed by atoms with Gasteiger partial charge in [-0.2, -0.15) is 0 Å². The topological polar surface area (TPSA) is 118 Å². The van der Waals surface area contributed by atoms with Gasteiger partial charge in [-0.05, 0) is 49.0 Å². The van der Waals surface area contributed by atoms with Gasteiger partial charge in [0.25, 0.3) is 6.17 Å². The van der Waals surface area contributed by atoms with Crippen molar-refractivity contribution in [1.29, 1.82) is 0 Å². The summed E-state index contributed by atoms with van der Waals surface area (Å²) in [7, 11) is -0.739. The first kappa shape index (κ1) is 27.1. The van der Waals surface area contributed by atoms with Gasteiger partial charge in [0.15, 0.2) is 17.5 Å². The van der Waals surface area contributed by atoms with E-state index < -0.39 is 20.1 Å². The number of pyridine rings is 1. The van der Waals surface area contributed by atoms with Crippen molar-refractivity contribution in [3.8, 4) is 0 Å². The maximum atomic E-state index is 14.5. The smallest absolute Gasteiger partial charge is 0.272 e. The lowest BCUT2D eigenvalue weighted by Gasteiger charge is -2.20. The molecule has 0 fully saturated rings. The predicted octanol–water partition coefficient (Wildman–Crippen LogP) is 4.86. The van der Waals surface area contributed by atoms with Crippen LogP contribution in [0.15, 0.2) is 60.9 Å². The van der Waals surface area contributed by atoms with Gasteiger partial charge in [-0.25, -0.2) is 29.0 Å². The zero-order valence-corrected chi connectivity index (χ0v) is 21.0. The normalized spacial score (nSPS) is 11.7. The number of nitrogen functional groups attached to an aromatic ring is 1. The lowest BCUT2D eigenvalue weighted by molar-refractivity contribution is 0.244. The number of alkyl halides is 2. The van der Waals surface area contributed by atoms with Gasteiger partial charge in [0.05, 0.1) is 26.3 Å². The minimum absolute atomic E-state index is 0.0687. The minimum atomic E-state index is -2.69. The van der Waals surface area contributed by atoms with E-state index in [4.69, 9.17) is 11.6 Å². The number of benzene rings is 2. The van der Waals surface area contributed by atoms with Crippen LogP contribution in [0.4, 0.5) is 36.3 Å². The quantitative estimate of drug-likeness (QED) is 0.149. The fourth-order valence-corrected chi connectivity index (χ4v) is 4.58. The molecule has 36 heavy (non-hydrogen) atoms. The van der Waals surface area contributed by atoms with E-state index >= 15 is 0 Å². The third-order valence-corrected chi connectivity index (χ3v) is 6.74. The highest BCUT2D eigenvalue weighted by molar-refractivity contribution is 7.64. The van der Waals surface area contributed by atoms with Crippen LogP contribution in [0.25, 0.3) is 10.9 Å². The summed E-state index contributed by atoms with van der Waals surface area (Å²) >= 11 is 0. The number of hydrazine groups is 1. The van der Waals surface area contributed by atoms with Gasteiger partial charge in [0, 0.05) is 22.6 Å². The van der Waals surface area contributed by atoms with Crippen LogP contribution in [0.1, 0.15) is 19.4 Å². The van der Waals surface area contributed by atoms with E-state index in [0.717, 1.165) is 22.5 Å². The molecule has 8 nitrogen and oxygen atoms in total. The van der Waals surface area contributed by atoms with Crippen molar-refractivity contribution in [2.45, 2.75) is 26.6 Å². The summed E-state index contributed by atoms with van der Waals surface area (Å²) in [5.74, 6) is 6.09. The van der Waals surface area contributed by atoms with Crippen molar-refractivity contribution in [1.82, 2.24) is 20.0 Å². The summed E-state index contributed by atoms with van der Waals surface area (Å²) in [6.07, 6.45) is 0.414. The molecule has 0 aliphatic heterocycles. The Labute approximate surface area is 208 Å². The summed E-state index contributed by atoms with van der Waals surface area (Å²) < 4.78 is 40.8.